The van der Waals surface area contributed by atoms with E-state index in [4.69, 9.17) is 4.74 Å². The van der Waals surface area contributed by atoms with Gasteiger partial charge in [0.1, 0.15) is 12.4 Å². The van der Waals surface area contributed by atoms with Gasteiger partial charge in [-0.05, 0) is 18.6 Å². The number of ether oxygens (including phenoxy) is 1. The van der Waals surface area contributed by atoms with Gasteiger partial charge in [-0.1, -0.05) is 18.2 Å². The molecule has 104 valence electrons. The Morgan fingerprint density at radius 1 is 1.25 bits per heavy atom. The summed E-state index contributed by atoms with van der Waals surface area (Å²) in [6, 6.07) is 9.92. The van der Waals surface area contributed by atoms with Crippen molar-refractivity contribution in [3.05, 3.63) is 68.6 Å². The van der Waals surface area contributed by atoms with Gasteiger partial charge in [-0.3, -0.25) is 14.9 Å². The van der Waals surface area contributed by atoms with Gasteiger partial charge < -0.3 is 9.30 Å². The molecule has 20 heavy (non-hydrogen) atoms. The predicted molar refractivity (Wildman–Crippen MR) is 74.0 cm³/mol. The molecule has 1 heterocycles. The number of hydrogen-bond donors (Lipinski definition) is 0. The molecule has 2 aromatic rings. The van der Waals surface area contributed by atoms with Gasteiger partial charge in [-0.15, -0.1) is 0 Å². The molecule has 0 bridgehead atoms. The zero-order valence-corrected chi connectivity index (χ0v) is 11.0. The van der Waals surface area contributed by atoms with Crippen molar-refractivity contribution in [1.82, 2.24) is 4.57 Å². The number of nitro groups is 1. The minimum atomic E-state index is -0.530. The Morgan fingerprint density at radius 3 is 2.70 bits per heavy atom. The topological polar surface area (TPSA) is 74.4 Å². The first-order valence-electron chi connectivity index (χ1n) is 6.11. The summed E-state index contributed by atoms with van der Waals surface area (Å²) in [5.74, 6) is 0.742. The minimum Gasteiger partial charge on any atom is -0.491 e. The van der Waals surface area contributed by atoms with Gasteiger partial charge >= 0.3 is 0 Å². The van der Waals surface area contributed by atoms with Crippen molar-refractivity contribution in [3.8, 4) is 5.75 Å². The van der Waals surface area contributed by atoms with Crippen LogP contribution in [0, 0.1) is 17.0 Å². The molecule has 0 fully saturated rings. The van der Waals surface area contributed by atoms with E-state index in [1.807, 2.05) is 31.2 Å². The Labute approximate surface area is 115 Å². The molecule has 1 aromatic carbocycles. The summed E-state index contributed by atoms with van der Waals surface area (Å²) in [5.41, 5.74) is 0.600. The summed E-state index contributed by atoms with van der Waals surface area (Å²) in [6.45, 7) is 2.45. The Bertz CT molecular complexity index is 679. The highest BCUT2D eigenvalue weighted by atomic mass is 16.6. The van der Waals surface area contributed by atoms with E-state index in [-0.39, 0.29) is 24.4 Å². The van der Waals surface area contributed by atoms with Crippen LogP contribution in [0.5, 0.6) is 5.75 Å². The first kappa shape index (κ1) is 13.8. The van der Waals surface area contributed by atoms with Crippen molar-refractivity contribution in [1.29, 1.82) is 0 Å². The third-order valence-electron chi connectivity index (χ3n) is 2.86. The molecule has 0 atom stereocenters. The molecule has 6 heteroatoms. The Morgan fingerprint density at radius 2 is 2.00 bits per heavy atom. The van der Waals surface area contributed by atoms with Crippen molar-refractivity contribution in [2.75, 3.05) is 6.61 Å². The van der Waals surface area contributed by atoms with Crippen molar-refractivity contribution < 1.29 is 9.66 Å². The molecule has 0 saturated carbocycles. The van der Waals surface area contributed by atoms with Crippen molar-refractivity contribution in [3.63, 3.8) is 0 Å². The molecule has 0 amide bonds. The molecular weight excluding hydrogens is 260 g/mol. The molecule has 0 aliphatic heterocycles. The average Bonchev–Trinajstić information content (AvgIpc) is 2.42. The lowest BCUT2D eigenvalue weighted by molar-refractivity contribution is -0.385. The molecule has 0 radical (unpaired) electrons. The highest BCUT2D eigenvalue weighted by Gasteiger charge is 2.07. The molecule has 0 saturated heterocycles. The van der Waals surface area contributed by atoms with Gasteiger partial charge in [-0.2, -0.15) is 0 Å². The van der Waals surface area contributed by atoms with Crippen LogP contribution in [0.1, 0.15) is 5.56 Å². The maximum atomic E-state index is 11.6. The number of hydrogen-bond acceptors (Lipinski definition) is 4. The van der Waals surface area contributed by atoms with E-state index >= 15 is 0 Å². The van der Waals surface area contributed by atoms with Crippen molar-refractivity contribution >= 4 is 5.69 Å². The quantitative estimate of drug-likeness (QED) is 0.618. The van der Waals surface area contributed by atoms with Gasteiger partial charge in [0.15, 0.2) is 0 Å². The number of benzene rings is 1. The third kappa shape index (κ3) is 3.23. The molecule has 0 unspecified atom stereocenters. The first-order valence-corrected chi connectivity index (χ1v) is 6.11. The standard InChI is InChI=1S/C14H14N2O4/c1-11-4-2-3-5-13(11)20-9-8-15-10-12(16(18)19)6-7-14(15)17/h2-7,10H,8-9H2,1H3. The molecular formula is C14H14N2O4. The Kier molecular flexibility index (Phi) is 4.14. The van der Waals surface area contributed by atoms with Crippen molar-refractivity contribution in [2.24, 2.45) is 0 Å². The van der Waals surface area contributed by atoms with Crippen LogP contribution in [0.15, 0.2) is 47.4 Å². The van der Waals surface area contributed by atoms with E-state index in [0.29, 0.717) is 0 Å². The van der Waals surface area contributed by atoms with E-state index in [1.165, 1.54) is 22.9 Å². The van der Waals surface area contributed by atoms with Crippen LogP contribution in [-0.4, -0.2) is 16.1 Å². The van der Waals surface area contributed by atoms with Crippen LogP contribution < -0.4 is 10.3 Å². The number of para-hydroxylation sites is 1. The van der Waals surface area contributed by atoms with Crippen molar-refractivity contribution in [2.45, 2.75) is 13.5 Å². The summed E-state index contributed by atoms with van der Waals surface area (Å²) in [7, 11) is 0. The lowest BCUT2D eigenvalue weighted by Gasteiger charge is -2.09. The number of aryl methyl sites for hydroxylation is 1. The summed E-state index contributed by atoms with van der Waals surface area (Å²) < 4.78 is 6.84. The fourth-order valence-electron chi connectivity index (χ4n) is 1.77. The third-order valence-corrected chi connectivity index (χ3v) is 2.86. The Hall–Kier alpha value is -2.63. The number of rotatable bonds is 5. The fourth-order valence-corrected chi connectivity index (χ4v) is 1.77. The summed E-state index contributed by atoms with van der Waals surface area (Å²) >= 11 is 0. The zero-order valence-electron chi connectivity index (χ0n) is 11.0. The van der Waals surface area contributed by atoms with Gasteiger partial charge in [-0.25, -0.2) is 0 Å². The minimum absolute atomic E-state index is 0.111. The van der Waals surface area contributed by atoms with Crippen LogP contribution in [0.4, 0.5) is 5.69 Å². The highest BCUT2D eigenvalue weighted by Crippen LogP contribution is 2.16. The summed E-state index contributed by atoms with van der Waals surface area (Å²) in [5, 5.41) is 10.7. The normalized spacial score (nSPS) is 10.2. The molecule has 0 aliphatic rings. The predicted octanol–water partition coefficient (Wildman–Crippen LogP) is 2.14. The summed E-state index contributed by atoms with van der Waals surface area (Å²) in [6.07, 6.45) is 1.23. The van der Waals surface area contributed by atoms with Crippen LogP contribution in [0.2, 0.25) is 0 Å². The van der Waals surface area contributed by atoms with Gasteiger partial charge in [0, 0.05) is 12.1 Å². The number of aromatic nitrogens is 1. The maximum absolute atomic E-state index is 11.6. The zero-order chi connectivity index (χ0) is 14.5. The molecule has 0 spiro atoms. The van der Waals surface area contributed by atoms with Gasteiger partial charge in [0.25, 0.3) is 11.2 Å². The van der Waals surface area contributed by atoms with E-state index in [2.05, 4.69) is 0 Å². The monoisotopic (exact) mass is 274 g/mol. The van der Waals surface area contributed by atoms with Gasteiger partial charge in [0.2, 0.25) is 0 Å². The molecule has 0 N–H and O–H groups in total. The second kappa shape index (κ2) is 6.01. The van der Waals surface area contributed by atoms with Crippen LogP contribution in [0.3, 0.4) is 0 Å². The molecule has 2 rings (SSSR count). The highest BCUT2D eigenvalue weighted by molar-refractivity contribution is 5.31. The SMILES string of the molecule is Cc1ccccc1OCCn1cc([N+](=O)[O-])ccc1=O. The second-order valence-corrected chi connectivity index (χ2v) is 4.29. The maximum Gasteiger partial charge on any atom is 0.285 e. The fraction of sp³-hybridized carbons (Fsp3) is 0.214. The Balaban J connectivity index is 2.04. The second-order valence-electron chi connectivity index (χ2n) is 4.29. The lowest BCUT2D eigenvalue weighted by atomic mass is 10.2. The average molecular weight is 274 g/mol. The van der Waals surface area contributed by atoms with E-state index in [1.54, 1.807) is 0 Å². The van der Waals surface area contributed by atoms with E-state index in [0.717, 1.165) is 11.3 Å². The molecule has 6 nitrogen and oxygen atoms in total. The number of pyridine rings is 1. The van der Waals surface area contributed by atoms with E-state index in [9.17, 15) is 14.9 Å². The lowest BCUT2D eigenvalue weighted by Crippen LogP contribution is -2.22. The number of nitrogens with zero attached hydrogens (tertiary/aromatic N) is 2. The van der Waals surface area contributed by atoms with Crippen LogP contribution >= 0.6 is 0 Å². The largest absolute Gasteiger partial charge is 0.491 e. The molecule has 0 aliphatic carbocycles. The smallest absolute Gasteiger partial charge is 0.285 e. The van der Waals surface area contributed by atoms with E-state index < -0.39 is 4.92 Å². The summed E-state index contributed by atoms with van der Waals surface area (Å²) in [4.78, 5) is 21.7. The molecule has 1 aromatic heterocycles. The van der Waals surface area contributed by atoms with Crippen LogP contribution in [0.25, 0.3) is 0 Å². The van der Waals surface area contributed by atoms with Gasteiger partial charge in [0.05, 0.1) is 17.7 Å². The van der Waals surface area contributed by atoms with Crippen LogP contribution in [-0.2, 0) is 6.54 Å². The first-order chi connectivity index (χ1) is 9.58.